The molecule has 0 amide bonds. The predicted octanol–water partition coefficient (Wildman–Crippen LogP) is 1.96. The number of benzene rings is 1. The highest BCUT2D eigenvalue weighted by molar-refractivity contribution is 5.63. The lowest BCUT2D eigenvalue weighted by atomic mass is 10.0. The number of nitro groups is 1. The van der Waals surface area contributed by atoms with E-state index in [4.69, 9.17) is 9.84 Å². The monoisotopic (exact) mass is 280 g/mol. The minimum atomic E-state index is -0.338. The Morgan fingerprint density at radius 3 is 2.95 bits per heavy atom. The van der Waals surface area contributed by atoms with E-state index in [1.165, 1.54) is 6.07 Å². The first-order valence-corrected chi connectivity index (χ1v) is 6.92. The Labute approximate surface area is 118 Å². The first-order valence-electron chi connectivity index (χ1n) is 6.92. The summed E-state index contributed by atoms with van der Waals surface area (Å²) in [5.74, 6) is 0. The highest BCUT2D eigenvalue weighted by atomic mass is 16.6. The van der Waals surface area contributed by atoms with Crippen LogP contribution in [-0.2, 0) is 4.74 Å². The quantitative estimate of drug-likeness (QED) is 0.490. The van der Waals surface area contributed by atoms with Crippen LogP contribution in [0, 0.1) is 10.1 Å². The van der Waals surface area contributed by atoms with Gasteiger partial charge in [-0.1, -0.05) is 12.1 Å². The van der Waals surface area contributed by atoms with Crippen molar-refractivity contribution in [3.63, 3.8) is 0 Å². The second kappa shape index (κ2) is 7.21. The lowest BCUT2D eigenvalue weighted by Crippen LogP contribution is -2.43. The van der Waals surface area contributed by atoms with Gasteiger partial charge in [0.1, 0.15) is 5.69 Å². The Balaban J connectivity index is 2.17. The van der Waals surface area contributed by atoms with Crippen LogP contribution >= 0.6 is 0 Å². The number of hydrogen-bond donors (Lipinski definition) is 1. The average molecular weight is 280 g/mol. The molecule has 0 saturated carbocycles. The molecule has 1 aliphatic rings. The fourth-order valence-corrected chi connectivity index (χ4v) is 2.64. The van der Waals surface area contributed by atoms with Crippen LogP contribution in [-0.4, -0.2) is 42.4 Å². The van der Waals surface area contributed by atoms with E-state index in [2.05, 4.69) is 4.90 Å². The molecule has 20 heavy (non-hydrogen) atoms. The molecule has 1 heterocycles. The largest absolute Gasteiger partial charge is 0.394 e. The van der Waals surface area contributed by atoms with E-state index in [1.54, 1.807) is 12.1 Å². The molecule has 1 aromatic carbocycles. The molecule has 1 saturated heterocycles. The topological polar surface area (TPSA) is 75.8 Å². The van der Waals surface area contributed by atoms with Crippen LogP contribution in [0.2, 0.25) is 0 Å². The fraction of sp³-hybridized carbons (Fsp3) is 0.571. The van der Waals surface area contributed by atoms with Crippen LogP contribution in [0.3, 0.4) is 0 Å². The van der Waals surface area contributed by atoms with E-state index < -0.39 is 0 Å². The van der Waals surface area contributed by atoms with Crippen LogP contribution in [0.25, 0.3) is 0 Å². The number of nitrogens with zero attached hydrogens (tertiary/aromatic N) is 2. The molecule has 110 valence electrons. The summed E-state index contributed by atoms with van der Waals surface area (Å²) in [6, 6.07) is 6.97. The van der Waals surface area contributed by atoms with Crippen molar-refractivity contribution in [2.45, 2.75) is 25.3 Å². The molecule has 1 unspecified atom stereocenters. The molecule has 0 spiro atoms. The Hall–Kier alpha value is -1.66. The molecule has 0 bridgehead atoms. The molecule has 1 aromatic rings. The van der Waals surface area contributed by atoms with Gasteiger partial charge in [-0.15, -0.1) is 0 Å². The van der Waals surface area contributed by atoms with Crippen molar-refractivity contribution >= 4 is 11.4 Å². The smallest absolute Gasteiger partial charge is 0.292 e. The number of piperidine rings is 1. The number of aliphatic hydroxyl groups is 1. The number of nitro benzene ring substituents is 1. The van der Waals surface area contributed by atoms with Crippen molar-refractivity contribution in [3.8, 4) is 0 Å². The number of ether oxygens (including phenoxy) is 1. The zero-order chi connectivity index (χ0) is 14.4. The van der Waals surface area contributed by atoms with Gasteiger partial charge in [-0.25, -0.2) is 0 Å². The second-order valence-corrected chi connectivity index (χ2v) is 4.89. The van der Waals surface area contributed by atoms with E-state index in [9.17, 15) is 10.1 Å². The fourth-order valence-electron chi connectivity index (χ4n) is 2.64. The summed E-state index contributed by atoms with van der Waals surface area (Å²) in [4.78, 5) is 12.9. The van der Waals surface area contributed by atoms with Crippen LogP contribution < -0.4 is 4.90 Å². The Bertz CT molecular complexity index is 453. The van der Waals surface area contributed by atoms with Gasteiger partial charge >= 0.3 is 0 Å². The normalized spacial score (nSPS) is 19.1. The van der Waals surface area contributed by atoms with Gasteiger partial charge in [-0.05, 0) is 25.3 Å². The Morgan fingerprint density at radius 1 is 1.40 bits per heavy atom. The van der Waals surface area contributed by atoms with Crippen molar-refractivity contribution in [1.82, 2.24) is 0 Å². The molecule has 0 aromatic heterocycles. The van der Waals surface area contributed by atoms with Gasteiger partial charge in [0.2, 0.25) is 0 Å². The molecule has 1 aliphatic heterocycles. The summed E-state index contributed by atoms with van der Waals surface area (Å²) in [5.41, 5.74) is 0.802. The van der Waals surface area contributed by atoms with Crippen molar-refractivity contribution in [3.05, 3.63) is 34.4 Å². The third-order valence-corrected chi connectivity index (χ3v) is 3.56. The molecular formula is C14H20N2O4. The van der Waals surface area contributed by atoms with Gasteiger partial charge in [0, 0.05) is 12.6 Å². The minimum Gasteiger partial charge on any atom is -0.394 e. The van der Waals surface area contributed by atoms with Crippen LogP contribution in [0.1, 0.15) is 19.3 Å². The molecule has 0 radical (unpaired) electrons. The van der Waals surface area contributed by atoms with Gasteiger partial charge < -0.3 is 14.7 Å². The average Bonchev–Trinajstić information content (AvgIpc) is 2.48. The Kier molecular flexibility index (Phi) is 5.31. The number of hydrogen-bond acceptors (Lipinski definition) is 5. The maximum atomic E-state index is 11.1. The maximum absolute atomic E-state index is 11.1. The highest BCUT2D eigenvalue weighted by Crippen LogP contribution is 2.32. The van der Waals surface area contributed by atoms with Crippen LogP contribution in [0.4, 0.5) is 11.4 Å². The number of rotatable bonds is 6. The van der Waals surface area contributed by atoms with E-state index in [1.807, 2.05) is 6.07 Å². The van der Waals surface area contributed by atoms with Crippen LogP contribution in [0.5, 0.6) is 0 Å². The molecule has 2 rings (SSSR count). The maximum Gasteiger partial charge on any atom is 0.292 e. The first kappa shape index (κ1) is 14.7. The zero-order valence-corrected chi connectivity index (χ0v) is 11.4. The van der Waals surface area contributed by atoms with Gasteiger partial charge in [-0.2, -0.15) is 0 Å². The third-order valence-electron chi connectivity index (χ3n) is 3.56. The summed E-state index contributed by atoms with van der Waals surface area (Å²) in [5, 5.41) is 19.9. The molecule has 0 aliphatic carbocycles. The predicted molar refractivity (Wildman–Crippen MR) is 76.0 cm³/mol. The zero-order valence-electron chi connectivity index (χ0n) is 11.4. The summed E-state index contributed by atoms with van der Waals surface area (Å²) < 4.78 is 5.41. The van der Waals surface area contributed by atoms with E-state index in [-0.39, 0.29) is 23.3 Å². The van der Waals surface area contributed by atoms with E-state index in [0.717, 1.165) is 25.8 Å². The van der Waals surface area contributed by atoms with Crippen molar-refractivity contribution in [2.75, 3.05) is 31.3 Å². The Morgan fingerprint density at radius 2 is 2.20 bits per heavy atom. The lowest BCUT2D eigenvalue weighted by molar-refractivity contribution is -0.384. The molecular weight excluding hydrogens is 260 g/mol. The second-order valence-electron chi connectivity index (χ2n) is 4.89. The number of aliphatic hydroxyl groups excluding tert-OH is 1. The van der Waals surface area contributed by atoms with E-state index >= 15 is 0 Å². The third kappa shape index (κ3) is 3.46. The number of para-hydroxylation sites is 2. The molecule has 6 heteroatoms. The van der Waals surface area contributed by atoms with Crippen molar-refractivity contribution < 1.29 is 14.8 Å². The van der Waals surface area contributed by atoms with E-state index in [0.29, 0.717) is 18.9 Å². The van der Waals surface area contributed by atoms with Crippen molar-refractivity contribution in [2.24, 2.45) is 0 Å². The highest BCUT2D eigenvalue weighted by Gasteiger charge is 2.27. The standard InChI is InChI=1S/C14H20N2O4/c17-9-10-20-11-12-5-3-4-8-15(12)13-6-1-2-7-14(13)16(18)19/h1-2,6-7,12,17H,3-5,8-11H2. The molecule has 1 N–H and O–H groups in total. The van der Waals surface area contributed by atoms with Gasteiger partial charge in [0.25, 0.3) is 5.69 Å². The molecule has 6 nitrogen and oxygen atoms in total. The van der Waals surface area contributed by atoms with Crippen molar-refractivity contribution in [1.29, 1.82) is 0 Å². The summed E-state index contributed by atoms with van der Waals surface area (Å²) >= 11 is 0. The molecule has 1 fully saturated rings. The van der Waals surface area contributed by atoms with Gasteiger partial charge in [-0.3, -0.25) is 10.1 Å². The number of anilines is 1. The summed E-state index contributed by atoms with van der Waals surface area (Å²) in [6.45, 7) is 1.60. The minimum absolute atomic E-state index is 0.00178. The summed E-state index contributed by atoms with van der Waals surface area (Å²) in [7, 11) is 0. The SMILES string of the molecule is O=[N+]([O-])c1ccccc1N1CCCCC1COCCO. The summed E-state index contributed by atoms with van der Waals surface area (Å²) in [6.07, 6.45) is 3.09. The molecule has 1 atom stereocenters. The van der Waals surface area contributed by atoms with Gasteiger partial charge in [0.05, 0.1) is 30.8 Å². The van der Waals surface area contributed by atoms with Crippen LogP contribution in [0.15, 0.2) is 24.3 Å². The lowest BCUT2D eigenvalue weighted by Gasteiger charge is -2.37. The first-order chi connectivity index (χ1) is 9.74. The van der Waals surface area contributed by atoms with Gasteiger partial charge in [0.15, 0.2) is 0 Å².